The maximum atomic E-state index is 4.34. The molecular weight excluding hydrogens is 174 g/mol. The Balaban J connectivity index is 0. The Morgan fingerprint density at radius 1 is 1.25 bits per heavy atom. The SMILES string of the molecule is [NH2-].[S]=[Mo]=[S]. The number of hydrogen-bond donors (Lipinski definition) is 0. The molecule has 4 heteroatoms. The van der Waals surface area contributed by atoms with Crippen molar-refractivity contribution in [2.45, 2.75) is 0 Å². The number of rotatable bonds is 0. The van der Waals surface area contributed by atoms with E-state index in [0.717, 1.165) is 0 Å². The Kier molecular flexibility index (Phi) is 19.9. The summed E-state index contributed by atoms with van der Waals surface area (Å²) in [5.74, 6) is 0. The zero-order valence-electron chi connectivity index (χ0n) is 1.80. The molecule has 0 fully saturated rings. The van der Waals surface area contributed by atoms with E-state index >= 15 is 0 Å². The van der Waals surface area contributed by atoms with E-state index in [1.54, 1.807) is 0 Å². The molecule has 26 valence electrons. The van der Waals surface area contributed by atoms with E-state index in [1.807, 2.05) is 0 Å². The van der Waals surface area contributed by atoms with E-state index < -0.39 is 0 Å². The van der Waals surface area contributed by atoms with Crippen molar-refractivity contribution in [3.63, 3.8) is 0 Å². The van der Waals surface area contributed by atoms with Crippen molar-refractivity contribution in [2.24, 2.45) is 0 Å². The summed E-state index contributed by atoms with van der Waals surface area (Å²) in [7, 11) is 8.68. The van der Waals surface area contributed by atoms with Crippen molar-refractivity contribution in [1.82, 2.24) is 0 Å². The number of nitrogens with two attached hydrogens (primary N) is 1. The van der Waals surface area contributed by atoms with Gasteiger partial charge in [-0.05, 0) is 0 Å². The summed E-state index contributed by atoms with van der Waals surface area (Å²) in [6, 6.07) is 0. The van der Waals surface area contributed by atoms with Gasteiger partial charge in [0.2, 0.25) is 0 Å². The van der Waals surface area contributed by atoms with Crippen LogP contribution in [0.15, 0.2) is 0 Å². The molecule has 0 amide bonds. The molecule has 0 rings (SSSR count). The van der Waals surface area contributed by atoms with Crippen LogP contribution >= 0.6 is 19.6 Å². The van der Waals surface area contributed by atoms with Gasteiger partial charge in [-0.1, -0.05) is 0 Å². The van der Waals surface area contributed by atoms with Gasteiger partial charge in [0, 0.05) is 0 Å². The van der Waals surface area contributed by atoms with E-state index in [2.05, 4.69) is 19.6 Å². The van der Waals surface area contributed by atoms with Crippen LogP contribution in [0.25, 0.3) is 6.15 Å². The third-order valence-electron chi connectivity index (χ3n) is 0. The maximum absolute atomic E-state index is 4.34. The van der Waals surface area contributed by atoms with Crippen molar-refractivity contribution in [2.75, 3.05) is 0 Å². The summed E-state index contributed by atoms with van der Waals surface area (Å²) in [5.41, 5.74) is 0. The summed E-state index contributed by atoms with van der Waals surface area (Å²) < 4.78 is 0. The van der Waals surface area contributed by atoms with Crippen LogP contribution in [-0.2, 0) is 14.9 Å². The Morgan fingerprint density at radius 3 is 1.25 bits per heavy atom. The molecule has 4 heavy (non-hydrogen) atoms. The molecule has 0 saturated heterocycles. The van der Waals surface area contributed by atoms with Crippen LogP contribution in [0.4, 0.5) is 0 Å². The van der Waals surface area contributed by atoms with Crippen molar-refractivity contribution >= 4 is 19.6 Å². The monoisotopic (exact) mass is 178 g/mol. The molecule has 0 bridgehead atoms. The molecule has 1 nitrogen and oxygen atoms in total. The molecular formula is H2MoNS2-. The third kappa shape index (κ3) is 11.4. The standard InChI is InChI=1S/Mo.H2N.2S/h;1H2;;/q;-1;;. The minimum absolute atomic E-state index is 0. The molecule has 0 radical (unpaired) electrons. The quantitative estimate of drug-likeness (QED) is 0.529. The summed E-state index contributed by atoms with van der Waals surface area (Å²) in [4.78, 5) is 0. The van der Waals surface area contributed by atoms with Gasteiger partial charge in [-0.25, -0.2) is 0 Å². The minimum atomic E-state index is -0.363. The molecule has 0 aromatic carbocycles. The summed E-state index contributed by atoms with van der Waals surface area (Å²) >= 11 is -0.363. The topological polar surface area (TPSA) is 33.5 Å². The molecule has 0 spiro atoms. The van der Waals surface area contributed by atoms with Crippen molar-refractivity contribution < 1.29 is 14.9 Å². The molecule has 0 heterocycles. The molecule has 0 aromatic heterocycles. The van der Waals surface area contributed by atoms with Crippen molar-refractivity contribution in [1.29, 1.82) is 0 Å². The summed E-state index contributed by atoms with van der Waals surface area (Å²) in [6.07, 6.45) is 0. The average molecular weight is 176 g/mol. The third-order valence-corrected chi connectivity index (χ3v) is 0. The van der Waals surface area contributed by atoms with Gasteiger partial charge >= 0.3 is 34.6 Å². The fraction of sp³-hybridized carbons (Fsp3) is 0. The normalized spacial score (nSPS) is 3.00. The van der Waals surface area contributed by atoms with E-state index in [9.17, 15) is 0 Å². The van der Waals surface area contributed by atoms with Gasteiger partial charge < -0.3 is 6.15 Å². The van der Waals surface area contributed by atoms with Crippen LogP contribution in [0, 0.1) is 0 Å². The molecule has 0 aliphatic rings. The van der Waals surface area contributed by atoms with Gasteiger partial charge in [0.15, 0.2) is 0 Å². The van der Waals surface area contributed by atoms with Gasteiger partial charge in [-0.3, -0.25) is 0 Å². The van der Waals surface area contributed by atoms with Gasteiger partial charge in [0.1, 0.15) is 0 Å². The summed E-state index contributed by atoms with van der Waals surface area (Å²) in [6.45, 7) is 0. The summed E-state index contributed by atoms with van der Waals surface area (Å²) in [5, 5.41) is 0. The van der Waals surface area contributed by atoms with Crippen molar-refractivity contribution in [3.8, 4) is 0 Å². The van der Waals surface area contributed by atoms with Crippen LogP contribution in [0.2, 0.25) is 0 Å². The first-order valence-electron chi connectivity index (χ1n) is 0.333. The van der Waals surface area contributed by atoms with Gasteiger partial charge in [0.05, 0.1) is 0 Å². The molecule has 2 N–H and O–H groups in total. The van der Waals surface area contributed by atoms with E-state index in [-0.39, 0.29) is 21.1 Å². The fourth-order valence-electron chi connectivity index (χ4n) is 0. The molecule has 0 aromatic rings. The molecule has 0 aliphatic heterocycles. The molecule has 0 aliphatic carbocycles. The second kappa shape index (κ2) is 8.94. The zero-order chi connectivity index (χ0) is 2.71. The Morgan fingerprint density at radius 2 is 1.25 bits per heavy atom. The first-order chi connectivity index (χ1) is 1.41. The Bertz CT molecular complexity index is 27.0. The predicted molar refractivity (Wildman–Crippen MR) is 20.5 cm³/mol. The van der Waals surface area contributed by atoms with Crippen LogP contribution in [0.5, 0.6) is 0 Å². The fourth-order valence-corrected chi connectivity index (χ4v) is 0. The first-order valence-corrected chi connectivity index (χ1v) is 5.92. The second-order valence-corrected chi connectivity index (χ2v) is 3.62. The second-order valence-electron chi connectivity index (χ2n) is 0.0680. The zero-order valence-corrected chi connectivity index (χ0v) is 5.44. The van der Waals surface area contributed by atoms with Gasteiger partial charge in [0.25, 0.3) is 0 Å². The first kappa shape index (κ1) is 8.92. The van der Waals surface area contributed by atoms with Gasteiger partial charge in [-0.2, -0.15) is 0 Å². The number of hydrogen-bond acceptors (Lipinski definition) is 2. The van der Waals surface area contributed by atoms with E-state index in [0.29, 0.717) is 0 Å². The van der Waals surface area contributed by atoms with Crippen LogP contribution in [-0.4, -0.2) is 0 Å². The average Bonchev–Trinajstić information content (AvgIpc) is 0.918. The van der Waals surface area contributed by atoms with Gasteiger partial charge in [-0.15, -0.1) is 0 Å². The molecule has 0 unspecified atom stereocenters. The van der Waals surface area contributed by atoms with E-state index in [4.69, 9.17) is 0 Å². The van der Waals surface area contributed by atoms with Crippen molar-refractivity contribution in [3.05, 3.63) is 6.15 Å². The van der Waals surface area contributed by atoms with E-state index in [1.165, 1.54) is 0 Å². The van der Waals surface area contributed by atoms with Crippen LogP contribution in [0.1, 0.15) is 0 Å². The predicted octanol–water partition coefficient (Wildman–Crippen LogP) is 2.01. The molecule has 0 atom stereocenters. The van der Waals surface area contributed by atoms with Crippen LogP contribution in [0.3, 0.4) is 0 Å². The molecule has 0 saturated carbocycles. The Hall–Kier alpha value is 1.09. The van der Waals surface area contributed by atoms with Crippen LogP contribution < -0.4 is 0 Å². The Labute approximate surface area is 40.8 Å².